The molecule has 0 saturated carbocycles. The number of hydrogen-bond acceptors (Lipinski definition) is 3. The highest BCUT2D eigenvalue weighted by atomic mass is 19.1. The molecule has 1 aliphatic carbocycles. The fourth-order valence-electron chi connectivity index (χ4n) is 4.64. The van der Waals surface area contributed by atoms with Gasteiger partial charge in [-0.25, -0.2) is 9.18 Å². The third-order valence-electron chi connectivity index (χ3n) is 6.91. The van der Waals surface area contributed by atoms with Gasteiger partial charge in [-0.15, -0.1) is 0 Å². The summed E-state index contributed by atoms with van der Waals surface area (Å²) in [7, 11) is 0. The predicted octanol–water partition coefficient (Wildman–Crippen LogP) is 7.61. The number of hydrogen-bond donors (Lipinski definition) is 1. The topological polar surface area (TPSA) is 59.4 Å². The highest BCUT2D eigenvalue weighted by molar-refractivity contribution is 5.96. The normalized spacial score (nSPS) is 15.2. The van der Waals surface area contributed by atoms with Crippen LogP contribution in [0.25, 0.3) is 11.1 Å². The maximum absolute atomic E-state index is 15.3. The maximum Gasteiger partial charge on any atom is 0.337 e. The summed E-state index contributed by atoms with van der Waals surface area (Å²) in [5, 5.41) is 9.70. The molecule has 182 valence electrons. The molecule has 1 atom stereocenters. The fourth-order valence-corrected chi connectivity index (χ4v) is 4.64. The van der Waals surface area contributed by atoms with Gasteiger partial charge in [0.05, 0.1) is 11.3 Å². The van der Waals surface area contributed by atoms with Crippen molar-refractivity contribution in [1.82, 2.24) is 4.98 Å². The van der Waals surface area contributed by atoms with Gasteiger partial charge in [-0.2, -0.15) is 0 Å². The van der Waals surface area contributed by atoms with Crippen LogP contribution in [-0.2, 0) is 18.7 Å². The lowest BCUT2D eigenvalue weighted by Gasteiger charge is -2.22. The molecule has 0 radical (unpaired) electrons. The van der Waals surface area contributed by atoms with E-state index in [1.807, 2.05) is 62.4 Å². The maximum atomic E-state index is 15.3. The molecule has 4 nitrogen and oxygen atoms in total. The zero-order valence-electron chi connectivity index (χ0n) is 20.6. The van der Waals surface area contributed by atoms with Gasteiger partial charge in [0.15, 0.2) is 0 Å². The molecule has 4 rings (SSSR count). The van der Waals surface area contributed by atoms with Crippen LogP contribution in [0, 0.1) is 0 Å². The number of ether oxygens (including phenoxy) is 1. The monoisotopic (exact) mass is 473 g/mol. The lowest BCUT2D eigenvalue weighted by molar-refractivity contribution is 0.0695. The molecular weight excluding hydrogens is 441 g/mol. The lowest BCUT2D eigenvalue weighted by atomic mass is 9.89. The average Bonchev–Trinajstić information content (AvgIpc) is 3.37. The van der Waals surface area contributed by atoms with Crippen LogP contribution in [0.4, 0.5) is 4.39 Å². The van der Waals surface area contributed by atoms with E-state index in [1.54, 1.807) is 19.2 Å². The second-order valence-corrected chi connectivity index (χ2v) is 9.22. The summed E-state index contributed by atoms with van der Waals surface area (Å²) in [6, 6.07) is 17.3. The summed E-state index contributed by atoms with van der Waals surface area (Å²) in [4.78, 5) is 16.3. The number of alkyl halides is 1. The Kier molecular flexibility index (Phi) is 7.34. The Balaban J connectivity index is 1.82. The minimum absolute atomic E-state index is 0.236. The molecule has 35 heavy (non-hydrogen) atoms. The number of pyridine rings is 1. The first kappa shape index (κ1) is 24.6. The molecule has 1 aliphatic rings. The molecule has 0 aliphatic heterocycles. The second kappa shape index (κ2) is 10.4. The first-order valence-electron chi connectivity index (χ1n) is 12.3. The first-order valence-corrected chi connectivity index (χ1v) is 12.3. The number of carboxylic acid groups (broad SMARTS) is 1. The summed E-state index contributed by atoms with van der Waals surface area (Å²) in [6.07, 6.45) is 5.25. The van der Waals surface area contributed by atoms with Crippen LogP contribution < -0.4 is 4.74 Å². The van der Waals surface area contributed by atoms with Crippen molar-refractivity contribution in [2.24, 2.45) is 0 Å². The van der Waals surface area contributed by atoms with E-state index < -0.39 is 11.6 Å². The minimum Gasteiger partial charge on any atom is -0.488 e. The van der Waals surface area contributed by atoms with Gasteiger partial charge in [0.25, 0.3) is 0 Å². The van der Waals surface area contributed by atoms with Gasteiger partial charge in [-0.3, -0.25) is 4.98 Å². The van der Waals surface area contributed by atoms with Crippen molar-refractivity contribution in [2.45, 2.75) is 65.2 Å². The molecular formula is C30H32FNO3. The number of aromatic carboxylic acids is 1. The third-order valence-corrected chi connectivity index (χ3v) is 6.91. The molecule has 5 heteroatoms. The average molecular weight is 474 g/mol. The van der Waals surface area contributed by atoms with Crippen LogP contribution in [0.1, 0.15) is 84.8 Å². The molecule has 3 aromatic rings. The summed E-state index contributed by atoms with van der Waals surface area (Å²) in [5.74, 6) is -0.267. The van der Waals surface area contributed by atoms with Gasteiger partial charge < -0.3 is 9.84 Å². The standard InChI is InChI=1S/C30H32FNO3/c1-4-27-26(29(33)34)16-21(18-32-27)23-12-9-13-24(23)25-17-22(30(3,31)5-2)14-15-28(25)35-19-20-10-7-6-8-11-20/h6-8,10-11,14-18H,4-5,9,12-13,19H2,1-3H3,(H,33,34)/t30-/m0/s1. The molecule has 1 N–H and O–H groups in total. The summed E-state index contributed by atoms with van der Waals surface area (Å²) >= 11 is 0. The molecule has 0 saturated heterocycles. The van der Waals surface area contributed by atoms with Gasteiger partial charge in [-0.1, -0.05) is 50.2 Å². The summed E-state index contributed by atoms with van der Waals surface area (Å²) in [5.41, 5.74) is 4.85. The van der Waals surface area contributed by atoms with E-state index in [4.69, 9.17) is 4.74 Å². The van der Waals surface area contributed by atoms with Gasteiger partial charge >= 0.3 is 5.97 Å². The Labute approximate surface area is 206 Å². The highest BCUT2D eigenvalue weighted by Crippen LogP contribution is 2.44. The van der Waals surface area contributed by atoms with E-state index in [9.17, 15) is 9.90 Å². The Morgan fingerprint density at radius 1 is 1.09 bits per heavy atom. The van der Waals surface area contributed by atoms with Crippen LogP contribution in [0.3, 0.4) is 0 Å². The number of rotatable bonds is 9. The number of aromatic nitrogens is 1. The van der Waals surface area contributed by atoms with Crippen LogP contribution in [0.15, 0.2) is 60.8 Å². The van der Waals surface area contributed by atoms with Crippen LogP contribution in [0.5, 0.6) is 5.75 Å². The molecule has 0 unspecified atom stereocenters. The van der Waals surface area contributed by atoms with Crippen molar-refractivity contribution < 1.29 is 19.0 Å². The van der Waals surface area contributed by atoms with Crippen molar-refractivity contribution in [3.05, 3.63) is 94.3 Å². The van der Waals surface area contributed by atoms with E-state index in [0.29, 0.717) is 36.5 Å². The van der Waals surface area contributed by atoms with Crippen molar-refractivity contribution in [3.8, 4) is 5.75 Å². The third kappa shape index (κ3) is 5.29. The van der Waals surface area contributed by atoms with Gasteiger partial charge in [0.1, 0.15) is 18.0 Å². The SMILES string of the molecule is CCc1ncc(C2=C(c3cc([C@@](C)(F)CC)ccc3OCc3ccccc3)CCC2)cc1C(=O)O. The van der Waals surface area contributed by atoms with E-state index in [-0.39, 0.29) is 5.56 Å². The van der Waals surface area contributed by atoms with E-state index in [1.165, 1.54) is 0 Å². The predicted molar refractivity (Wildman–Crippen MR) is 137 cm³/mol. The Hall–Kier alpha value is -3.47. The highest BCUT2D eigenvalue weighted by Gasteiger charge is 2.27. The lowest BCUT2D eigenvalue weighted by Crippen LogP contribution is -2.14. The fraction of sp³-hybridized carbons (Fsp3) is 0.333. The van der Waals surface area contributed by atoms with Crippen molar-refractivity contribution in [1.29, 1.82) is 0 Å². The zero-order valence-corrected chi connectivity index (χ0v) is 20.6. The molecule has 2 aromatic carbocycles. The number of carboxylic acids is 1. The largest absolute Gasteiger partial charge is 0.488 e. The molecule has 0 bridgehead atoms. The second-order valence-electron chi connectivity index (χ2n) is 9.22. The summed E-state index contributed by atoms with van der Waals surface area (Å²) < 4.78 is 21.6. The quantitative estimate of drug-likeness (QED) is 0.347. The van der Waals surface area contributed by atoms with E-state index >= 15 is 4.39 Å². The Morgan fingerprint density at radius 2 is 1.83 bits per heavy atom. The molecule has 0 fully saturated rings. The van der Waals surface area contributed by atoms with Crippen molar-refractivity contribution in [2.75, 3.05) is 0 Å². The van der Waals surface area contributed by atoms with Crippen molar-refractivity contribution >= 4 is 17.1 Å². The molecule has 0 amide bonds. The molecule has 0 spiro atoms. The van der Waals surface area contributed by atoms with E-state index in [0.717, 1.165) is 47.1 Å². The number of carbonyl (C=O) groups is 1. The summed E-state index contributed by atoms with van der Waals surface area (Å²) in [6.45, 7) is 5.76. The van der Waals surface area contributed by atoms with Crippen LogP contribution in [-0.4, -0.2) is 16.1 Å². The van der Waals surface area contributed by atoms with Gasteiger partial charge in [0.2, 0.25) is 0 Å². The Morgan fingerprint density at radius 3 is 2.51 bits per heavy atom. The number of allylic oxidation sites excluding steroid dienone is 2. The first-order chi connectivity index (χ1) is 16.8. The molecule has 1 heterocycles. The van der Waals surface area contributed by atoms with Crippen LogP contribution in [0.2, 0.25) is 0 Å². The molecule has 1 aromatic heterocycles. The number of nitrogens with zero attached hydrogens (tertiary/aromatic N) is 1. The number of halogens is 1. The minimum atomic E-state index is -1.45. The number of benzene rings is 2. The van der Waals surface area contributed by atoms with E-state index in [2.05, 4.69) is 4.98 Å². The van der Waals surface area contributed by atoms with Gasteiger partial charge in [0, 0.05) is 11.8 Å². The van der Waals surface area contributed by atoms with Gasteiger partial charge in [-0.05, 0) is 85.1 Å². The van der Waals surface area contributed by atoms with Crippen LogP contribution >= 0.6 is 0 Å². The Bertz CT molecular complexity index is 1250. The number of aryl methyl sites for hydroxylation is 1. The zero-order chi connectivity index (χ0) is 25.0. The smallest absolute Gasteiger partial charge is 0.337 e. The van der Waals surface area contributed by atoms with Crippen molar-refractivity contribution in [3.63, 3.8) is 0 Å².